The normalized spacial score (nSPS) is 20.4. The summed E-state index contributed by atoms with van der Waals surface area (Å²) in [5.41, 5.74) is 8.10. The molecule has 0 aliphatic carbocycles. The van der Waals surface area contributed by atoms with Crippen LogP contribution in [0.15, 0.2) is 24.3 Å². The molecule has 1 unspecified atom stereocenters. The van der Waals surface area contributed by atoms with Crippen molar-refractivity contribution < 1.29 is 0 Å². The molecule has 1 aliphatic heterocycles. The molecule has 0 aromatic heterocycles. The minimum Gasteiger partial charge on any atom is -0.385 e. The topological polar surface area (TPSA) is 41.3 Å². The van der Waals surface area contributed by atoms with E-state index >= 15 is 0 Å². The van der Waals surface area contributed by atoms with Gasteiger partial charge in [0.25, 0.3) is 0 Å². The lowest BCUT2D eigenvalue weighted by Gasteiger charge is -2.30. The number of benzene rings is 1. The molecule has 3 heteroatoms. The third kappa shape index (κ3) is 4.84. The summed E-state index contributed by atoms with van der Waals surface area (Å²) in [6.07, 6.45) is 3.76. The van der Waals surface area contributed by atoms with Gasteiger partial charge < -0.3 is 11.1 Å². The molecule has 0 radical (unpaired) electrons. The highest BCUT2D eigenvalue weighted by Crippen LogP contribution is 2.18. The molecule has 0 spiro atoms. The highest BCUT2D eigenvalue weighted by Gasteiger charge is 2.15. The zero-order valence-electron chi connectivity index (χ0n) is 12.1. The second-order valence-electron chi connectivity index (χ2n) is 5.75. The van der Waals surface area contributed by atoms with Crippen molar-refractivity contribution in [3.8, 4) is 0 Å². The third-order valence-corrected chi connectivity index (χ3v) is 3.81. The molecule has 1 aromatic carbocycles. The lowest BCUT2D eigenvalue weighted by atomic mass is 10.00. The summed E-state index contributed by atoms with van der Waals surface area (Å²) in [5.74, 6) is 0.853. The summed E-state index contributed by atoms with van der Waals surface area (Å²) in [6.45, 7) is 7.65. The van der Waals surface area contributed by atoms with E-state index in [1.54, 1.807) is 0 Å². The van der Waals surface area contributed by atoms with Gasteiger partial charge in [0.05, 0.1) is 0 Å². The lowest BCUT2D eigenvalue weighted by molar-refractivity contribution is 0.176. The fourth-order valence-electron chi connectivity index (χ4n) is 2.75. The Morgan fingerprint density at radius 2 is 2.11 bits per heavy atom. The van der Waals surface area contributed by atoms with Gasteiger partial charge in [-0.3, -0.25) is 4.90 Å². The number of nitrogens with zero attached hydrogens (tertiary/aromatic N) is 1. The Labute approximate surface area is 117 Å². The Hall–Kier alpha value is -1.06. The van der Waals surface area contributed by atoms with Crippen molar-refractivity contribution >= 4 is 5.69 Å². The van der Waals surface area contributed by atoms with Crippen LogP contribution in [0.1, 0.15) is 31.7 Å². The van der Waals surface area contributed by atoms with Gasteiger partial charge in [-0.2, -0.15) is 0 Å². The van der Waals surface area contributed by atoms with Gasteiger partial charge in [0.15, 0.2) is 0 Å². The van der Waals surface area contributed by atoms with Crippen LogP contribution in [0, 0.1) is 5.92 Å². The van der Waals surface area contributed by atoms with Gasteiger partial charge in [0, 0.05) is 25.3 Å². The van der Waals surface area contributed by atoms with E-state index < -0.39 is 0 Å². The smallest absolute Gasteiger partial charge is 0.0340 e. The van der Waals surface area contributed by atoms with Gasteiger partial charge >= 0.3 is 0 Å². The largest absolute Gasteiger partial charge is 0.385 e. The van der Waals surface area contributed by atoms with Crippen molar-refractivity contribution in [3.63, 3.8) is 0 Å². The lowest BCUT2D eigenvalue weighted by Crippen LogP contribution is -2.33. The van der Waals surface area contributed by atoms with Gasteiger partial charge in [-0.15, -0.1) is 0 Å². The van der Waals surface area contributed by atoms with Crippen LogP contribution < -0.4 is 11.1 Å². The highest BCUT2D eigenvalue weighted by molar-refractivity contribution is 5.44. The predicted molar refractivity (Wildman–Crippen MR) is 82.3 cm³/mol. The molecule has 0 bridgehead atoms. The van der Waals surface area contributed by atoms with Crippen LogP contribution in [0.5, 0.6) is 0 Å². The van der Waals surface area contributed by atoms with Crippen LogP contribution >= 0.6 is 0 Å². The molecule has 2 rings (SSSR count). The van der Waals surface area contributed by atoms with Gasteiger partial charge in [-0.05, 0) is 56.0 Å². The van der Waals surface area contributed by atoms with Crippen LogP contribution in [0.4, 0.5) is 5.69 Å². The Morgan fingerprint density at radius 1 is 1.32 bits per heavy atom. The maximum atomic E-state index is 5.49. The second-order valence-corrected chi connectivity index (χ2v) is 5.75. The summed E-state index contributed by atoms with van der Waals surface area (Å²) in [5, 5.41) is 3.39. The highest BCUT2D eigenvalue weighted by atomic mass is 15.1. The standard InChI is InChI=1S/C16H27N3/c1-14-4-2-11-19(12-14)13-15-5-7-16(8-6-15)18-10-3-9-17/h5-8,14,18H,2-4,9-13,17H2,1H3. The Bertz CT molecular complexity index is 361. The van der Waals surface area contributed by atoms with Crippen LogP contribution in [0.3, 0.4) is 0 Å². The quantitative estimate of drug-likeness (QED) is 0.774. The molecule has 0 amide bonds. The number of piperidine rings is 1. The Balaban J connectivity index is 1.81. The molecule has 1 heterocycles. The summed E-state index contributed by atoms with van der Waals surface area (Å²) in [4.78, 5) is 2.57. The molecule has 106 valence electrons. The molecule has 19 heavy (non-hydrogen) atoms. The molecule has 1 aromatic rings. The van der Waals surface area contributed by atoms with Crippen LogP contribution in [0.2, 0.25) is 0 Å². The average molecular weight is 261 g/mol. The molecule has 3 N–H and O–H groups in total. The number of nitrogens with one attached hydrogen (secondary N) is 1. The van der Waals surface area contributed by atoms with Crippen molar-refractivity contribution in [1.82, 2.24) is 4.90 Å². The first-order chi connectivity index (χ1) is 9.28. The SMILES string of the molecule is CC1CCCN(Cc2ccc(NCCCN)cc2)C1. The molecular formula is C16H27N3. The third-order valence-electron chi connectivity index (χ3n) is 3.81. The van der Waals surface area contributed by atoms with Crippen molar-refractivity contribution in [2.24, 2.45) is 11.7 Å². The molecule has 1 atom stereocenters. The van der Waals surface area contributed by atoms with E-state index in [2.05, 4.69) is 41.4 Å². The fourth-order valence-corrected chi connectivity index (χ4v) is 2.75. The maximum Gasteiger partial charge on any atom is 0.0340 e. The summed E-state index contributed by atoms with van der Waals surface area (Å²) in [6, 6.07) is 8.84. The second kappa shape index (κ2) is 7.51. The zero-order chi connectivity index (χ0) is 13.5. The summed E-state index contributed by atoms with van der Waals surface area (Å²) in [7, 11) is 0. The van der Waals surface area contributed by atoms with Crippen LogP contribution in [0.25, 0.3) is 0 Å². The number of anilines is 1. The van der Waals surface area contributed by atoms with E-state index in [0.29, 0.717) is 0 Å². The first-order valence-electron chi connectivity index (χ1n) is 7.53. The first kappa shape index (κ1) is 14.4. The fraction of sp³-hybridized carbons (Fsp3) is 0.625. The number of hydrogen-bond acceptors (Lipinski definition) is 3. The molecule has 1 saturated heterocycles. The van der Waals surface area contributed by atoms with Gasteiger partial charge in [-0.25, -0.2) is 0 Å². The molecule has 0 saturated carbocycles. The van der Waals surface area contributed by atoms with E-state index in [-0.39, 0.29) is 0 Å². The van der Waals surface area contributed by atoms with E-state index in [1.165, 1.54) is 37.2 Å². The van der Waals surface area contributed by atoms with E-state index in [9.17, 15) is 0 Å². The van der Waals surface area contributed by atoms with E-state index in [4.69, 9.17) is 5.73 Å². The average Bonchev–Trinajstić information content (AvgIpc) is 2.41. The molecule has 1 aliphatic rings. The van der Waals surface area contributed by atoms with Gasteiger partial charge in [0.1, 0.15) is 0 Å². The van der Waals surface area contributed by atoms with E-state index in [1.807, 2.05) is 0 Å². The minimum absolute atomic E-state index is 0.748. The van der Waals surface area contributed by atoms with Crippen LogP contribution in [-0.4, -0.2) is 31.1 Å². The first-order valence-corrected chi connectivity index (χ1v) is 7.53. The Kier molecular flexibility index (Phi) is 5.67. The van der Waals surface area contributed by atoms with Crippen molar-refractivity contribution in [2.45, 2.75) is 32.7 Å². The number of nitrogens with two attached hydrogens (primary N) is 1. The summed E-state index contributed by atoms with van der Waals surface area (Å²) >= 11 is 0. The number of likely N-dealkylation sites (tertiary alicyclic amines) is 1. The minimum atomic E-state index is 0.748. The van der Waals surface area contributed by atoms with Gasteiger partial charge in [-0.1, -0.05) is 19.1 Å². The molecule has 3 nitrogen and oxygen atoms in total. The number of rotatable bonds is 6. The van der Waals surface area contributed by atoms with Crippen molar-refractivity contribution in [3.05, 3.63) is 29.8 Å². The van der Waals surface area contributed by atoms with E-state index in [0.717, 1.165) is 32.0 Å². The Morgan fingerprint density at radius 3 is 2.79 bits per heavy atom. The zero-order valence-corrected chi connectivity index (χ0v) is 12.1. The van der Waals surface area contributed by atoms with Gasteiger partial charge in [0.2, 0.25) is 0 Å². The summed E-state index contributed by atoms with van der Waals surface area (Å²) < 4.78 is 0. The predicted octanol–water partition coefficient (Wildman–Crippen LogP) is 2.68. The van der Waals surface area contributed by atoms with Crippen molar-refractivity contribution in [1.29, 1.82) is 0 Å². The maximum absolute atomic E-state index is 5.49. The van der Waals surface area contributed by atoms with Crippen LogP contribution in [-0.2, 0) is 6.54 Å². The van der Waals surface area contributed by atoms with Crippen molar-refractivity contribution in [2.75, 3.05) is 31.5 Å². The molecule has 1 fully saturated rings. The monoisotopic (exact) mass is 261 g/mol. The molecular weight excluding hydrogens is 234 g/mol. The number of hydrogen-bond donors (Lipinski definition) is 2.